The van der Waals surface area contributed by atoms with Gasteiger partial charge in [-0.25, -0.2) is 9.37 Å². The highest BCUT2D eigenvalue weighted by molar-refractivity contribution is 5.40. The maximum atomic E-state index is 13.8. The summed E-state index contributed by atoms with van der Waals surface area (Å²) in [6.07, 6.45) is 3.55. The normalized spacial score (nSPS) is 19.7. The van der Waals surface area contributed by atoms with Crippen LogP contribution in [0, 0.1) is 12.7 Å². The molecule has 100 valence electrons. The van der Waals surface area contributed by atoms with Crippen molar-refractivity contribution in [1.82, 2.24) is 15.1 Å². The van der Waals surface area contributed by atoms with E-state index in [4.69, 9.17) is 4.52 Å². The lowest BCUT2D eigenvalue weighted by molar-refractivity contribution is 0.330. The van der Waals surface area contributed by atoms with Crippen LogP contribution in [-0.4, -0.2) is 28.2 Å². The van der Waals surface area contributed by atoms with Crippen LogP contribution in [0.4, 0.5) is 10.2 Å². The van der Waals surface area contributed by atoms with Gasteiger partial charge in [-0.3, -0.25) is 0 Å². The van der Waals surface area contributed by atoms with Crippen LogP contribution in [0.3, 0.4) is 0 Å². The van der Waals surface area contributed by atoms with E-state index in [1.54, 1.807) is 19.2 Å². The molecule has 6 heteroatoms. The van der Waals surface area contributed by atoms with Crippen molar-refractivity contribution in [3.05, 3.63) is 35.9 Å². The molecule has 1 saturated heterocycles. The molecule has 1 aliphatic rings. The first-order chi connectivity index (χ1) is 9.24. The summed E-state index contributed by atoms with van der Waals surface area (Å²) in [7, 11) is 0. The Bertz CT molecular complexity index is 571. The first kappa shape index (κ1) is 12.1. The second-order valence-electron chi connectivity index (χ2n) is 4.77. The van der Waals surface area contributed by atoms with Crippen molar-refractivity contribution in [2.45, 2.75) is 25.7 Å². The van der Waals surface area contributed by atoms with Gasteiger partial charge in [0.15, 0.2) is 17.5 Å². The Hall–Kier alpha value is -1.98. The van der Waals surface area contributed by atoms with Gasteiger partial charge in [0.1, 0.15) is 0 Å². The quantitative estimate of drug-likeness (QED) is 0.831. The monoisotopic (exact) mass is 262 g/mol. The summed E-state index contributed by atoms with van der Waals surface area (Å²) in [6.45, 7) is 3.26. The number of aromatic nitrogens is 3. The molecular formula is C13H15FN4O. The van der Waals surface area contributed by atoms with Gasteiger partial charge >= 0.3 is 0 Å². The van der Waals surface area contributed by atoms with Crippen molar-refractivity contribution >= 4 is 5.82 Å². The minimum atomic E-state index is -0.287. The Labute approximate surface area is 110 Å². The van der Waals surface area contributed by atoms with Gasteiger partial charge in [0.25, 0.3) is 0 Å². The predicted molar refractivity (Wildman–Crippen MR) is 67.4 cm³/mol. The van der Waals surface area contributed by atoms with Crippen LogP contribution in [-0.2, 0) is 0 Å². The third-order valence-corrected chi connectivity index (χ3v) is 3.35. The fourth-order valence-electron chi connectivity index (χ4n) is 2.46. The standard InChI is InChI=1S/C13H15FN4O/c1-9-16-13(19-17-9)10-4-3-7-18(8-10)12-11(14)5-2-6-15-12/h2,5-6,10H,3-4,7-8H2,1H3/t10-/m1/s1. The van der Waals surface area contributed by atoms with Gasteiger partial charge in [-0.1, -0.05) is 5.16 Å². The zero-order valence-corrected chi connectivity index (χ0v) is 10.7. The number of piperidine rings is 1. The van der Waals surface area contributed by atoms with E-state index >= 15 is 0 Å². The summed E-state index contributed by atoms with van der Waals surface area (Å²) in [6, 6.07) is 3.03. The van der Waals surface area contributed by atoms with E-state index in [9.17, 15) is 4.39 Å². The van der Waals surface area contributed by atoms with E-state index in [0.29, 0.717) is 24.1 Å². The van der Waals surface area contributed by atoms with Crippen molar-refractivity contribution in [3.63, 3.8) is 0 Å². The summed E-state index contributed by atoms with van der Waals surface area (Å²) < 4.78 is 19.0. The van der Waals surface area contributed by atoms with Crippen LogP contribution in [0.25, 0.3) is 0 Å². The molecule has 0 saturated carbocycles. The molecule has 2 aromatic heterocycles. The van der Waals surface area contributed by atoms with Crippen molar-refractivity contribution in [3.8, 4) is 0 Å². The number of halogens is 1. The number of aryl methyl sites for hydroxylation is 1. The molecule has 0 amide bonds. The molecule has 0 aliphatic carbocycles. The average molecular weight is 262 g/mol. The Kier molecular flexibility index (Phi) is 3.15. The largest absolute Gasteiger partial charge is 0.353 e. The van der Waals surface area contributed by atoms with E-state index in [2.05, 4.69) is 15.1 Å². The van der Waals surface area contributed by atoms with Crippen LogP contribution < -0.4 is 4.90 Å². The van der Waals surface area contributed by atoms with Gasteiger partial charge in [-0.2, -0.15) is 4.98 Å². The van der Waals surface area contributed by atoms with Crippen LogP contribution in [0.15, 0.2) is 22.9 Å². The molecule has 0 aromatic carbocycles. The first-order valence-electron chi connectivity index (χ1n) is 6.39. The van der Waals surface area contributed by atoms with Crippen LogP contribution >= 0.6 is 0 Å². The van der Waals surface area contributed by atoms with Crippen LogP contribution in [0.5, 0.6) is 0 Å². The lowest BCUT2D eigenvalue weighted by atomic mass is 9.98. The van der Waals surface area contributed by atoms with Crippen LogP contribution in [0.2, 0.25) is 0 Å². The molecule has 2 aromatic rings. The van der Waals surface area contributed by atoms with Crippen molar-refractivity contribution in [2.24, 2.45) is 0 Å². The molecule has 1 aliphatic heterocycles. The third kappa shape index (κ3) is 2.43. The molecular weight excluding hydrogens is 247 g/mol. The highest BCUT2D eigenvalue weighted by Crippen LogP contribution is 2.29. The van der Waals surface area contributed by atoms with Crippen molar-refractivity contribution in [2.75, 3.05) is 18.0 Å². The smallest absolute Gasteiger partial charge is 0.231 e. The SMILES string of the molecule is Cc1noc([C@@H]2CCCN(c3ncccc3F)C2)n1. The van der Waals surface area contributed by atoms with E-state index in [1.165, 1.54) is 6.07 Å². The van der Waals surface area contributed by atoms with Gasteiger partial charge in [0.2, 0.25) is 5.89 Å². The maximum absolute atomic E-state index is 13.8. The molecule has 0 spiro atoms. The number of rotatable bonds is 2. The summed E-state index contributed by atoms with van der Waals surface area (Å²) in [4.78, 5) is 10.3. The molecule has 19 heavy (non-hydrogen) atoms. The van der Waals surface area contributed by atoms with Gasteiger partial charge in [-0.05, 0) is 31.9 Å². The number of nitrogens with zero attached hydrogens (tertiary/aromatic N) is 4. The van der Waals surface area contributed by atoms with Gasteiger partial charge < -0.3 is 9.42 Å². The number of hydrogen-bond acceptors (Lipinski definition) is 5. The predicted octanol–water partition coefficient (Wildman–Crippen LogP) is 2.30. The van der Waals surface area contributed by atoms with E-state index in [0.717, 1.165) is 19.4 Å². The van der Waals surface area contributed by atoms with Crippen molar-refractivity contribution < 1.29 is 8.91 Å². The molecule has 0 bridgehead atoms. The van der Waals surface area contributed by atoms with E-state index in [1.807, 2.05) is 4.90 Å². The molecule has 0 N–H and O–H groups in total. The molecule has 1 fully saturated rings. The fourth-order valence-corrected chi connectivity index (χ4v) is 2.46. The molecule has 3 heterocycles. The second kappa shape index (κ2) is 4.95. The van der Waals surface area contributed by atoms with E-state index < -0.39 is 0 Å². The Morgan fingerprint density at radius 2 is 2.37 bits per heavy atom. The van der Waals surface area contributed by atoms with Crippen molar-refractivity contribution in [1.29, 1.82) is 0 Å². The minimum absolute atomic E-state index is 0.149. The fraction of sp³-hybridized carbons (Fsp3) is 0.462. The second-order valence-corrected chi connectivity index (χ2v) is 4.77. The summed E-state index contributed by atoms with van der Waals surface area (Å²) in [5, 5.41) is 3.81. The maximum Gasteiger partial charge on any atom is 0.231 e. The minimum Gasteiger partial charge on any atom is -0.353 e. The lowest BCUT2D eigenvalue weighted by Gasteiger charge is -2.31. The molecule has 1 atom stereocenters. The molecule has 3 rings (SSSR count). The molecule has 0 radical (unpaired) electrons. The number of hydrogen-bond donors (Lipinski definition) is 0. The average Bonchev–Trinajstić information content (AvgIpc) is 2.86. The third-order valence-electron chi connectivity index (χ3n) is 3.35. The summed E-state index contributed by atoms with van der Waals surface area (Å²) in [5.41, 5.74) is 0. The number of pyridine rings is 1. The molecule has 5 nitrogen and oxygen atoms in total. The Morgan fingerprint density at radius 1 is 1.47 bits per heavy atom. The summed E-state index contributed by atoms with van der Waals surface area (Å²) in [5.74, 6) is 1.54. The summed E-state index contributed by atoms with van der Waals surface area (Å²) >= 11 is 0. The Morgan fingerprint density at radius 3 is 3.11 bits per heavy atom. The lowest BCUT2D eigenvalue weighted by Crippen LogP contribution is -2.35. The topological polar surface area (TPSA) is 55.1 Å². The Balaban J connectivity index is 1.80. The highest BCUT2D eigenvalue weighted by Gasteiger charge is 2.27. The first-order valence-corrected chi connectivity index (χ1v) is 6.39. The number of anilines is 1. The van der Waals surface area contributed by atoms with Crippen LogP contribution in [0.1, 0.15) is 30.5 Å². The van der Waals surface area contributed by atoms with Gasteiger partial charge in [0, 0.05) is 19.3 Å². The molecule has 0 unspecified atom stereocenters. The zero-order valence-electron chi connectivity index (χ0n) is 10.7. The highest BCUT2D eigenvalue weighted by atomic mass is 19.1. The van der Waals surface area contributed by atoms with Gasteiger partial charge in [-0.15, -0.1) is 0 Å². The van der Waals surface area contributed by atoms with E-state index in [-0.39, 0.29) is 11.7 Å². The van der Waals surface area contributed by atoms with Gasteiger partial charge in [0.05, 0.1) is 5.92 Å². The zero-order chi connectivity index (χ0) is 13.2.